The van der Waals surface area contributed by atoms with E-state index in [1.807, 2.05) is 0 Å². The van der Waals surface area contributed by atoms with Crippen molar-refractivity contribution in [3.05, 3.63) is 11.5 Å². The molecule has 6 nitrogen and oxygen atoms in total. The summed E-state index contributed by atoms with van der Waals surface area (Å²) in [4.78, 5) is 22.7. The predicted octanol–water partition coefficient (Wildman–Crippen LogP) is 0.919. The van der Waals surface area contributed by atoms with Crippen molar-refractivity contribution in [2.24, 2.45) is 0 Å². The summed E-state index contributed by atoms with van der Waals surface area (Å²) in [6, 6.07) is 0. The maximum absolute atomic E-state index is 11.4. The van der Waals surface area contributed by atoms with Crippen molar-refractivity contribution in [3.63, 3.8) is 0 Å². The average Bonchev–Trinajstić information content (AvgIpc) is 2.19. The number of hydrogen-bond acceptors (Lipinski definition) is 6. The van der Waals surface area contributed by atoms with Gasteiger partial charge in [0.05, 0.1) is 19.8 Å². The number of carbonyl (C=O) groups is 2. The Labute approximate surface area is 93.8 Å². The molecule has 0 saturated heterocycles. The molecule has 6 heteroatoms. The molecule has 0 aromatic rings. The van der Waals surface area contributed by atoms with Crippen molar-refractivity contribution >= 4 is 11.9 Å². The average molecular weight is 232 g/mol. The molecule has 0 unspecified atom stereocenters. The van der Waals surface area contributed by atoms with Crippen LogP contribution in [0.25, 0.3) is 0 Å². The smallest absolute Gasteiger partial charge is 0.352 e. The summed E-state index contributed by atoms with van der Waals surface area (Å²) >= 11 is 0. The highest BCUT2D eigenvalue weighted by atomic mass is 16.6. The van der Waals surface area contributed by atoms with Crippen LogP contribution < -0.4 is 0 Å². The molecule has 0 amide bonds. The van der Waals surface area contributed by atoms with E-state index in [2.05, 4.69) is 14.2 Å². The molecule has 0 aromatic carbocycles. The molecule has 0 aromatic heterocycles. The van der Waals surface area contributed by atoms with Crippen molar-refractivity contribution in [2.75, 3.05) is 19.8 Å². The zero-order valence-electron chi connectivity index (χ0n) is 9.61. The first-order valence-corrected chi connectivity index (χ1v) is 4.98. The highest BCUT2D eigenvalue weighted by molar-refractivity contribution is 6.14. The second kappa shape index (κ2) is 7.56. The van der Waals surface area contributed by atoms with Gasteiger partial charge < -0.3 is 19.3 Å². The van der Waals surface area contributed by atoms with Crippen molar-refractivity contribution in [1.29, 1.82) is 0 Å². The lowest BCUT2D eigenvalue weighted by molar-refractivity contribution is -0.147. The summed E-state index contributed by atoms with van der Waals surface area (Å²) in [6.07, 6.45) is 0. The summed E-state index contributed by atoms with van der Waals surface area (Å²) in [6.45, 7) is 5.05. The van der Waals surface area contributed by atoms with Crippen LogP contribution in [0.1, 0.15) is 20.8 Å². The third kappa shape index (κ3) is 4.20. The fraction of sp³-hybridized carbons (Fsp3) is 0.600. The Morgan fingerprint density at radius 2 is 1.25 bits per heavy atom. The topological polar surface area (TPSA) is 82.1 Å². The summed E-state index contributed by atoms with van der Waals surface area (Å²) in [5, 5.41) is 9.36. The van der Waals surface area contributed by atoms with E-state index in [0.717, 1.165) is 0 Å². The first-order chi connectivity index (χ1) is 7.58. The van der Waals surface area contributed by atoms with Gasteiger partial charge in [0, 0.05) is 0 Å². The van der Waals surface area contributed by atoms with Crippen molar-refractivity contribution in [2.45, 2.75) is 20.8 Å². The quantitative estimate of drug-likeness (QED) is 0.241. The van der Waals surface area contributed by atoms with Gasteiger partial charge in [-0.3, -0.25) is 0 Å². The maximum atomic E-state index is 11.4. The van der Waals surface area contributed by atoms with Crippen LogP contribution in [0.15, 0.2) is 11.5 Å². The van der Waals surface area contributed by atoms with Crippen LogP contribution in [0.3, 0.4) is 0 Å². The van der Waals surface area contributed by atoms with Crippen LogP contribution in [0.4, 0.5) is 0 Å². The molecule has 0 rings (SSSR count). The van der Waals surface area contributed by atoms with Gasteiger partial charge in [-0.05, 0) is 20.8 Å². The lowest BCUT2D eigenvalue weighted by Gasteiger charge is -2.08. The Kier molecular flexibility index (Phi) is 6.74. The van der Waals surface area contributed by atoms with Gasteiger partial charge in [0.1, 0.15) is 0 Å². The molecule has 0 heterocycles. The zero-order valence-corrected chi connectivity index (χ0v) is 9.61. The van der Waals surface area contributed by atoms with Crippen LogP contribution in [0.5, 0.6) is 0 Å². The second-order valence-electron chi connectivity index (χ2n) is 2.55. The van der Waals surface area contributed by atoms with Gasteiger partial charge in [0.2, 0.25) is 5.57 Å². The van der Waals surface area contributed by atoms with E-state index < -0.39 is 23.5 Å². The fourth-order valence-corrected chi connectivity index (χ4v) is 0.873. The van der Waals surface area contributed by atoms with E-state index in [1.54, 1.807) is 20.8 Å². The number of esters is 2. The molecule has 0 aliphatic carbocycles. The lowest BCUT2D eigenvalue weighted by Crippen LogP contribution is -2.21. The van der Waals surface area contributed by atoms with E-state index in [1.165, 1.54) is 0 Å². The molecular weight excluding hydrogens is 216 g/mol. The van der Waals surface area contributed by atoms with Gasteiger partial charge in [-0.25, -0.2) is 9.59 Å². The van der Waals surface area contributed by atoms with Gasteiger partial charge in [-0.2, -0.15) is 0 Å². The van der Waals surface area contributed by atoms with Crippen molar-refractivity contribution in [1.82, 2.24) is 0 Å². The molecule has 92 valence electrons. The molecule has 16 heavy (non-hydrogen) atoms. The van der Waals surface area contributed by atoms with Crippen LogP contribution in [0.2, 0.25) is 0 Å². The molecule has 0 saturated carbocycles. The van der Waals surface area contributed by atoms with Crippen molar-refractivity contribution in [3.8, 4) is 0 Å². The Morgan fingerprint density at radius 3 is 1.56 bits per heavy atom. The molecule has 1 N–H and O–H groups in total. The maximum Gasteiger partial charge on any atom is 0.352 e. The molecule has 0 radical (unpaired) electrons. The minimum absolute atomic E-state index is 0.0845. The number of carbonyl (C=O) groups excluding carboxylic acids is 2. The van der Waals surface area contributed by atoms with E-state index in [4.69, 9.17) is 0 Å². The Hall–Kier alpha value is -1.72. The highest BCUT2D eigenvalue weighted by Gasteiger charge is 2.27. The molecule has 0 bridgehead atoms. The number of ether oxygens (including phenoxy) is 3. The molecule has 0 spiro atoms. The van der Waals surface area contributed by atoms with E-state index >= 15 is 0 Å². The number of aliphatic hydroxyl groups is 1. The van der Waals surface area contributed by atoms with Crippen LogP contribution in [-0.2, 0) is 23.8 Å². The van der Waals surface area contributed by atoms with Gasteiger partial charge in [0.25, 0.3) is 5.95 Å². The first-order valence-electron chi connectivity index (χ1n) is 4.98. The number of rotatable bonds is 6. The zero-order chi connectivity index (χ0) is 12.6. The van der Waals surface area contributed by atoms with Crippen LogP contribution >= 0.6 is 0 Å². The molecule has 0 aliphatic rings. The molecule has 0 atom stereocenters. The second-order valence-corrected chi connectivity index (χ2v) is 2.55. The summed E-state index contributed by atoms with van der Waals surface area (Å²) in [5.74, 6) is -2.71. The summed E-state index contributed by atoms with van der Waals surface area (Å²) in [5.41, 5.74) is -0.620. The van der Waals surface area contributed by atoms with E-state index in [9.17, 15) is 14.7 Å². The molecular formula is C10H16O6. The number of hydrogen-bond donors (Lipinski definition) is 1. The summed E-state index contributed by atoms with van der Waals surface area (Å²) < 4.78 is 13.9. The fourth-order valence-electron chi connectivity index (χ4n) is 0.873. The third-order valence-corrected chi connectivity index (χ3v) is 1.45. The Balaban J connectivity index is 4.96. The SMILES string of the molecule is CCOC(=O)C(C(=O)OCC)=C(O)OCC. The third-order valence-electron chi connectivity index (χ3n) is 1.45. The minimum atomic E-state index is -0.966. The van der Waals surface area contributed by atoms with Crippen LogP contribution in [0, 0.1) is 0 Å². The largest absolute Gasteiger partial charge is 0.480 e. The van der Waals surface area contributed by atoms with E-state index in [0.29, 0.717) is 0 Å². The number of aliphatic hydroxyl groups excluding tert-OH is 1. The predicted molar refractivity (Wildman–Crippen MR) is 54.5 cm³/mol. The van der Waals surface area contributed by atoms with Gasteiger partial charge in [0.15, 0.2) is 0 Å². The Morgan fingerprint density at radius 1 is 0.875 bits per heavy atom. The lowest BCUT2D eigenvalue weighted by atomic mass is 10.3. The van der Waals surface area contributed by atoms with Crippen LogP contribution in [-0.4, -0.2) is 36.9 Å². The molecule has 0 fully saturated rings. The van der Waals surface area contributed by atoms with Gasteiger partial charge in [-0.1, -0.05) is 0 Å². The summed E-state index contributed by atoms with van der Waals surface area (Å²) in [7, 11) is 0. The molecule has 0 aliphatic heterocycles. The van der Waals surface area contributed by atoms with Gasteiger partial charge >= 0.3 is 11.9 Å². The van der Waals surface area contributed by atoms with Crippen molar-refractivity contribution < 1.29 is 28.9 Å². The Bertz CT molecular complexity index is 261. The standard InChI is InChI=1S/C10H16O6/c1-4-14-8(11)7(9(12)15-5-2)10(13)16-6-3/h11H,4-6H2,1-3H3. The first kappa shape index (κ1) is 14.3. The normalized spacial score (nSPS) is 9.19. The minimum Gasteiger partial charge on any atom is -0.480 e. The monoisotopic (exact) mass is 232 g/mol. The van der Waals surface area contributed by atoms with E-state index in [-0.39, 0.29) is 19.8 Å². The van der Waals surface area contributed by atoms with Gasteiger partial charge in [-0.15, -0.1) is 0 Å². The highest BCUT2D eigenvalue weighted by Crippen LogP contribution is 2.08.